The molecule has 4 N–H and O–H groups in total. The van der Waals surface area contributed by atoms with Gasteiger partial charge in [-0.05, 0) is 61.7 Å². The summed E-state index contributed by atoms with van der Waals surface area (Å²) in [7, 11) is 0. The Morgan fingerprint density at radius 1 is 1.03 bits per heavy atom. The summed E-state index contributed by atoms with van der Waals surface area (Å²) in [5, 5.41) is 6.06. The van der Waals surface area contributed by atoms with E-state index in [1.165, 1.54) is 0 Å². The van der Waals surface area contributed by atoms with Crippen molar-refractivity contribution in [3.8, 4) is 0 Å². The van der Waals surface area contributed by atoms with Gasteiger partial charge in [-0.2, -0.15) is 0 Å². The Morgan fingerprint density at radius 3 is 2.58 bits per heavy atom. The molecule has 2 aliphatic heterocycles. The molecule has 0 bridgehead atoms. The van der Waals surface area contributed by atoms with Gasteiger partial charge in [0.25, 0.3) is 0 Å². The second-order valence-corrected chi connectivity index (χ2v) is 7.88. The zero-order chi connectivity index (χ0) is 21.8. The molecule has 1 atom stereocenters. The third kappa shape index (κ3) is 4.69. The summed E-state index contributed by atoms with van der Waals surface area (Å²) >= 11 is 0. The van der Waals surface area contributed by atoms with Gasteiger partial charge in [-0.25, -0.2) is 0 Å². The number of benzene rings is 2. The fourth-order valence-electron chi connectivity index (χ4n) is 4.18. The Labute approximate surface area is 181 Å². The molecule has 2 fully saturated rings. The number of rotatable bonds is 5. The minimum absolute atomic E-state index is 0.0408. The van der Waals surface area contributed by atoms with E-state index in [0.29, 0.717) is 24.3 Å². The highest BCUT2D eigenvalue weighted by atomic mass is 16.2. The average Bonchev–Trinajstić information content (AvgIpc) is 2.80. The van der Waals surface area contributed by atoms with Gasteiger partial charge in [0.05, 0.1) is 6.54 Å². The Balaban J connectivity index is 1.47. The van der Waals surface area contributed by atoms with E-state index in [4.69, 9.17) is 5.73 Å². The molecule has 0 radical (unpaired) electrons. The molecule has 0 spiro atoms. The largest absolute Gasteiger partial charge is 0.366 e. The molecule has 0 saturated carbocycles. The summed E-state index contributed by atoms with van der Waals surface area (Å²) in [6.45, 7) is 2.47. The first kappa shape index (κ1) is 20.9. The molecule has 2 heterocycles. The minimum Gasteiger partial charge on any atom is -0.366 e. The van der Waals surface area contributed by atoms with Crippen LogP contribution in [0.3, 0.4) is 0 Å². The van der Waals surface area contributed by atoms with E-state index in [2.05, 4.69) is 10.6 Å². The molecule has 8 heteroatoms. The monoisotopic (exact) mass is 421 g/mol. The number of nitrogens with zero attached hydrogens (tertiary/aromatic N) is 2. The lowest BCUT2D eigenvalue weighted by Crippen LogP contribution is -2.48. The Kier molecular flexibility index (Phi) is 6.18. The van der Waals surface area contributed by atoms with Gasteiger partial charge in [-0.3, -0.25) is 14.4 Å². The number of carbonyl (C=O) groups is 3. The summed E-state index contributed by atoms with van der Waals surface area (Å²) in [6.07, 6.45) is 2.69. The van der Waals surface area contributed by atoms with Crippen LogP contribution in [0.25, 0.3) is 0 Å². The molecule has 0 aliphatic carbocycles. The van der Waals surface area contributed by atoms with Crippen molar-refractivity contribution in [3.05, 3.63) is 54.1 Å². The molecule has 2 aromatic rings. The van der Waals surface area contributed by atoms with Crippen molar-refractivity contribution in [2.75, 3.05) is 41.3 Å². The van der Waals surface area contributed by atoms with Gasteiger partial charge in [0.15, 0.2) is 0 Å². The van der Waals surface area contributed by atoms with Gasteiger partial charge in [0.2, 0.25) is 17.7 Å². The molecule has 2 saturated heterocycles. The molecule has 2 aliphatic rings. The van der Waals surface area contributed by atoms with Gasteiger partial charge >= 0.3 is 0 Å². The maximum atomic E-state index is 13.1. The third-order valence-electron chi connectivity index (χ3n) is 5.80. The zero-order valence-electron chi connectivity index (χ0n) is 17.3. The quantitative estimate of drug-likeness (QED) is 0.681. The van der Waals surface area contributed by atoms with Crippen LogP contribution in [0.1, 0.15) is 29.6 Å². The summed E-state index contributed by atoms with van der Waals surface area (Å²) in [5.74, 6) is -0.530. The first-order valence-electron chi connectivity index (χ1n) is 10.6. The molecule has 4 rings (SSSR count). The molecular formula is C23H27N5O3. The van der Waals surface area contributed by atoms with Crippen molar-refractivity contribution in [2.24, 2.45) is 5.73 Å². The normalized spacial score (nSPS) is 19.2. The molecule has 3 amide bonds. The highest BCUT2D eigenvalue weighted by molar-refractivity contribution is 5.99. The molecule has 8 nitrogen and oxygen atoms in total. The topological polar surface area (TPSA) is 108 Å². The fourth-order valence-corrected chi connectivity index (χ4v) is 4.18. The number of piperidine rings is 1. The van der Waals surface area contributed by atoms with E-state index >= 15 is 0 Å². The number of nitrogens with two attached hydrogens (primary N) is 1. The van der Waals surface area contributed by atoms with Crippen LogP contribution in [0, 0.1) is 0 Å². The third-order valence-corrected chi connectivity index (χ3v) is 5.80. The Morgan fingerprint density at radius 2 is 1.84 bits per heavy atom. The fraction of sp³-hybridized carbons (Fsp3) is 0.348. The number of nitrogens with one attached hydrogen (secondary N) is 2. The van der Waals surface area contributed by atoms with E-state index in [0.717, 1.165) is 43.7 Å². The van der Waals surface area contributed by atoms with Crippen LogP contribution in [0.5, 0.6) is 0 Å². The van der Waals surface area contributed by atoms with Crippen molar-refractivity contribution < 1.29 is 14.4 Å². The smallest absolute Gasteiger partial charge is 0.248 e. The average molecular weight is 422 g/mol. The van der Waals surface area contributed by atoms with Crippen LogP contribution >= 0.6 is 0 Å². The minimum atomic E-state index is -0.483. The number of primary amides is 1. The van der Waals surface area contributed by atoms with Crippen LogP contribution in [-0.2, 0) is 9.59 Å². The van der Waals surface area contributed by atoms with Gasteiger partial charge < -0.3 is 26.2 Å². The lowest BCUT2D eigenvalue weighted by molar-refractivity contribution is -0.119. The van der Waals surface area contributed by atoms with Crippen molar-refractivity contribution in [3.63, 3.8) is 0 Å². The standard InChI is InChI=1S/C23H27N5O3/c24-22(30)16-4-3-5-19(14-16)27-12-2-1-6-20(27)23(31)26-17-7-9-18(10-8-17)28-13-11-25-15-21(28)29/h3-5,7-10,14,20,25H,1-2,6,11-13,15H2,(H2,24,30)(H,26,31). The molecule has 162 valence electrons. The lowest BCUT2D eigenvalue weighted by atomic mass is 9.99. The van der Waals surface area contributed by atoms with E-state index in [9.17, 15) is 14.4 Å². The number of anilines is 3. The van der Waals surface area contributed by atoms with Crippen LogP contribution < -0.4 is 26.2 Å². The van der Waals surface area contributed by atoms with Crippen molar-refractivity contribution >= 4 is 34.8 Å². The number of hydrogen-bond acceptors (Lipinski definition) is 5. The predicted octanol–water partition coefficient (Wildman–Crippen LogP) is 1.72. The van der Waals surface area contributed by atoms with Crippen molar-refractivity contribution in [2.45, 2.75) is 25.3 Å². The first-order valence-corrected chi connectivity index (χ1v) is 10.6. The summed E-state index contributed by atoms with van der Waals surface area (Å²) in [5.41, 5.74) is 8.19. The molecule has 0 aromatic heterocycles. The van der Waals surface area contributed by atoms with Crippen LogP contribution in [0.15, 0.2) is 48.5 Å². The van der Waals surface area contributed by atoms with E-state index in [1.54, 1.807) is 23.1 Å². The Hall–Kier alpha value is -3.39. The number of piperazine rings is 1. The van der Waals surface area contributed by atoms with Gasteiger partial charge in [0.1, 0.15) is 6.04 Å². The van der Waals surface area contributed by atoms with Gasteiger partial charge in [-0.15, -0.1) is 0 Å². The number of amides is 3. The second kappa shape index (κ2) is 9.18. The summed E-state index contributed by atoms with van der Waals surface area (Å²) < 4.78 is 0. The summed E-state index contributed by atoms with van der Waals surface area (Å²) in [4.78, 5) is 40.5. The van der Waals surface area contributed by atoms with E-state index < -0.39 is 5.91 Å². The van der Waals surface area contributed by atoms with Crippen molar-refractivity contribution in [1.29, 1.82) is 0 Å². The maximum absolute atomic E-state index is 13.1. The van der Waals surface area contributed by atoms with Gasteiger partial charge in [-0.1, -0.05) is 6.07 Å². The van der Waals surface area contributed by atoms with E-state index in [-0.39, 0.29) is 17.9 Å². The molecule has 1 unspecified atom stereocenters. The van der Waals surface area contributed by atoms with Crippen LogP contribution in [0.2, 0.25) is 0 Å². The predicted molar refractivity (Wildman–Crippen MR) is 120 cm³/mol. The zero-order valence-corrected chi connectivity index (χ0v) is 17.3. The van der Waals surface area contributed by atoms with Gasteiger partial charge in [0, 0.05) is 42.3 Å². The molecule has 2 aromatic carbocycles. The Bertz CT molecular complexity index is 975. The molecular weight excluding hydrogens is 394 g/mol. The molecule has 31 heavy (non-hydrogen) atoms. The highest BCUT2D eigenvalue weighted by Gasteiger charge is 2.29. The highest BCUT2D eigenvalue weighted by Crippen LogP contribution is 2.27. The van der Waals surface area contributed by atoms with Crippen LogP contribution in [-0.4, -0.2) is 49.9 Å². The van der Waals surface area contributed by atoms with E-state index in [1.807, 2.05) is 35.2 Å². The van der Waals surface area contributed by atoms with Crippen LogP contribution in [0.4, 0.5) is 17.1 Å². The first-order chi connectivity index (χ1) is 15.0. The number of hydrogen-bond donors (Lipinski definition) is 3. The summed E-state index contributed by atoms with van der Waals surface area (Å²) in [6, 6.07) is 14.1. The number of carbonyl (C=O) groups excluding carboxylic acids is 3. The van der Waals surface area contributed by atoms with Crippen molar-refractivity contribution in [1.82, 2.24) is 5.32 Å². The maximum Gasteiger partial charge on any atom is 0.248 e. The lowest BCUT2D eigenvalue weighted by Gasteiger charge is -2.36. The SMILES string of the molecule is NC(=O)c1cccc(N2CCCCC2C(=O)Nc2ccc(N3CCNCC3=O)cc2)c1. The second-order valence-electron chi connectivity index (χ2n) is 7.88.